The number of nitrogens with one attached hydrogen (secondary N) is 1. The molecule has 38 heavy (non-hydrogen) atoms. The standard InChI is InChI=1S/C28H32N4O6/c1-36-23-14-18(15-24(37-2)25(23)38-3)27(34)31-13-12-22-21(16-31)28(35)32(30-22)20-10-8-19(9-11-20)29-26(33)17-6-4-5-7-17/h8-11,14-15,17,21H,4-7,12-13,16H2,1-3H3,(H,29,33). The molecule has 0 radical (unpaired) electrons. The van der Waals surface area contributed by atoms with Crippen LogP contribution in [0.15, 0.2) is 41.5 Å². The van der Waals surface area contributed by atoms with E-state index in [1.165, 1.54) is 26.3 Å². The summed E-state index contributed by atoms with van der Waals surface area (Å²) < 4.78 is 16.1. The molecule has 10 nitrogen and oxygen atoms in total. The van der Waals surface area contributed by atoms with E-state index < -0.39 is 5.92 Å². The summed E-state index contributed by atoms with van der Waals surface area (Å²) in [4.78, 5) is 40.8. The number of piperidine rings is 1. The molecule has 5 rings (SSSR count). The Morgan fingerprint density at radius 1 is 0.974 bits per heavy atom. The van der Waals surface area contributed by atoms with Gasteiger partial charge in [-0.1, -0.05) is 12.8 Å². The number of benzene rings is 2. The van der Waals surface area contributed by atoms with Crippen LogP contribution in [0.4, 0.5) is 11.4 Å². The normalized spacial score (nSPS) is 19.2. The molecule has 0 spiro atoms. The van der Waals surface area contributed by atoms with Gasteiger partial charge in [-0.25, -0.2) is 5.01 Å². The highest BCUT2D eigenvalue weighted by atomic mass is 16.5. The molecule has 2 aromatic rings. The van der Waals surface area contributed by atoms with Gasteiger partial charge in [0.05, 0.1) is 38.6 Å². The molecule has 1 unspecified atom stereocenters. The first-order chi connectivity index (χ1) is 18.4. The zero-order valence-corrected chi connectivity index (χ0v) is 21.9. The summed E-state index contributed by atoms with van der Waals surface area (Å²) in [7, 11) is 4.50. The summed E-state index contributed by atoms with van der Waals surface area (Å²) in [6.45, 7) is 0.678. The number of nitrogens with zero attached hydrogens (tertiary/aromatic N) is 3. The Balaban J connectivity index is 1.27. The Bertz CT molecular complexity index is 1240. The zero-order valence-electron chi connectivity index (χ0n) is 21.9. The summed E-state index contributed by atoms with van der Waals surface area (Å²) in [5, 5.41) is 8.95. The topological polar surface area (TPSA) is 110 Å². The number of carbonyl (C=O) groups excluding carboxylic acids is 3. The van der Waals surface area contributed by atoms with Crippen molar-refractivity contribution in [1.82, 2.24) is 4.90 Å². The molecule has 1 N–H and O–H groups in total. The molecule has 1 atom stereocenters. The van der Waals surface area contributed by atoms with Crippen molar-refractivity contribution in [2.75, 3.05) is 44.7 Å². The molecule has 1 saturated heterocycles. The van der Waals surface area contributed by atoms with E-state index in [0.717, 1.165) is 31.4 Å². The van der Waals surface area contributed by atoms with Gasteiger partial charge in [-0.05, 0) is 49.2 Å². The van der Waals surface area contributed by atoms with Gasteiger partial charge >= 0.3 is 0 Å². The molecule has 2 fully saturated rings. The van der Waals surface area contributed by atoms with Crippen molar-refractivity contribution in [1.29, 1.82) is 0 Å². The second-order valence-electron chi connectivity index (χ2n) is 9.73. The molecule has 2 aliphatic heterocycles. The number of hydrogen-bond acceptors (Lipinski definition) is 7. The maximum atomic E-state index is 13.4. The fraction of sp³-hybridized carbons (Fsp3) is 0.429. The molecule has 0 aromatic heterocycles. The Hall–Kier alpha value is -4.08. The van der Waals surface area contributed by atoms with Crippen LogP contribution in [0.2, 0.25) is 0 Å². The Labute approximate surface area is 221 Å². The first-order valence-corrected chi connectivity index (χ1v) is 12.8. The lowest BCUT2D eigenvalue weighted by molar-refractivity contribution is -0.120. The van der Waals surface area contributed by atoms with Crippen LogP contribution in [0, 0.1) is 11.8 Å². The van der Waals surface area contributed by atoms with Gasteiger partial charge in [0.2, 0.25) is 11.7 Å². The number of amides is 3. The number of hydrogen-bond donors (Lipinski definition) is 1. The first-order valence-electron chi connectivity index (χ1n) is 12.8. The highest BCUT2D eigenvalue weighted by Gasteiger charge is 2.41. The lowest BCUT2D eigenvalue weighted by Crippen LogP contribution is -2.46. The summed E-state index contributed by atoms with van der Waals surface area (Å²) in [6, 6.07) is 10.4. The highest BCUT2D eigenvalue weighted by molar-refractivity contribution is 6.16. The van der Waals surface area contributed by atoms with Crippen molar-refractivity contribution in [3.63, 3.8) is 0 Å². The maximum Gasteiger partial charge on any atom is 0.258 e. The van der Waals surface area contributed by atoms with Crippen LogP contribution in [0.5, 0.6) is 17.2 Å². The van der Waals surface area contributed by atoms with Crippen molar-refractivity contribution in [3.8, 4) is 17.2 Å². The second kappa shape index (κ2) is 10.7. The van der Waals surface area contributed by atoms with E-state index >= 15 is 0 Å². The molecule has 0 bridgehead atoms. The second-order valence-corrected chi connectivity index (χ2v) is 9.73. The number of hydrazone groups is 1. The minimum Gasteiger partial charge on any atom is -0.493 e. The van der Waals surface area contributed by atoms with Crippen molar-refractivity contribution >= 4 is 34.8 Å². The third kappa shape index (κ3) is 4.78. The zero-order chi connectivity index (χ0) is 26.8. The van der Waals surface area contributed by atoms with Gasteiger partial charge in [-0.3, -0.25) is 14.4 Å². The Morgan fingerprint density at radius 3 is 2.24 bits per heavy atom. The highest BCUT2D eigenvalue weighted by Crippen LogP contribution is 2.39. The van der Waals surface area contributed by atoms with Crippen LogP contribution in [0.25, 0.3) is 0 Å². The molecule has 10 heteroatoms. The number of fused-ring (bicyclic) bond motifs is 1. The quantitative estimate of drug-likeness (QED) is 0.596. The van der Waals surface area contributed by atoms with E-state index in [-0.39, 0.29) is 30.2 Å². The summed E-state index contributed by atoms with van der Waals surface area (Å²) >= 11 is 0. The van der Waals surface area contributed by atoms with E-state index in [2.05, 4.69) is 10.4 Å². The van der Waals surface area contributed by atoms with Crippen molar-refractivity contribution in [3.05, 3.63) is 42.0 Å². The number of anilines is 2. The van der Waals surface area contributed by atoms with Crippen LogP contribution in [-0.2, 0) is 9.59 Å². The fourth-order valence-electron chi connectivity index (χ4n) is 5.38. The predicted octanol–water partition coefficient (Wildman–Crippen LogP) is 3.71. The Kier molecular flexibility index (Phi) is 7.22. The van der Waals surface area contributed by atoms with Crippen LogP contribution in [-0.4, -0.2) is 62.8 Å². The lowest BCUT2D eigenvalue weighted by Gasteiger charge is -2.30. The lowest BCUT2D eigenvalue weighted by atomic mass is 9.95. The summed E-state index contributed by atoms with van der Waals surface area (Å²) in [6.07, 6.45) is 4.56. The number of methoxy groups -OCH3 is 3. The van der Waals surface area contributed by atoms with Gasteiger partial charge in [0, 0.05) is 36.7 Å². The maximum absolute atomic E-state index is 13.4. The van der Waals surface area contributed by atoms with Gasteiger partial charge in [0.1, 0.15) is 0 Å². The fourth-order valence-corrected chi connectivity index (χ4v) is 5.38. The van der Waals surface area contributed by atoms with Crippen LogP contribution < -0.4 is 24.5 Å². The molecule has 2 aromatic carbocycles. The summed E-state index contributed by atoms with van der Waals surface area (Å²) in [5.74, 6) is 0.413. The molecule has 1 aliphatic carbocycles. The van der Waals surface area contributed by atoms with E-state index in [1.807, 2.05) is 0 Å². The van der Waals surface area contributed by atoms with Gasteiger partial charge in [-0.2, -0.15) is 5.10 Å². The number of rotatable bonds is 7. The van der Waals surface area contributed by atoms with E-state index in [0.29, 0.717) is 47.2 Å². The number of likely N-dealkylation sites (tertiary alicyclic amines) is 1. The molecular weight excluding hydrogens is 488 g/mol. The monoisotopic (exact) mass is 520 g/mol. The van der Waals surface area contributed by atoms with Crippen LogP contribution in [0.1, 0.15) is 42.5 Å². The minimum absolute atomic E-state index is 0.0515. The number of ether oxygens (including phenoxy) is 3. The van der Waals surface area contributed by atoms with Crippen molar-refractivity contribution in [2.45, 2.75) is 32.1 Å². The summed E-state index contributed by atoms with van der Waals surface area (Å²) in [5.41, 5.74) is 2.47. The molecule has 3 aliphatic rings. The predicted molar refractivity (Wildman–Crippen MR) is 142 cm³/mol. The number of carbonyl (C=O) groups is 3. The van der Waals surface area contributed by atoms with Crippen LogP contribution in [0.3, 0.4) is 0 Å². The van der Waals surface area contributed by atoms with Crippen molar-refractivity contribution in [2.24, 2.45) is 16.9 Å². The molecule has 2 heterocycles. The molecule has 1 saturated carbocycles. The van der Waals surface area contributed by atoms with Crippen molar-refractivity contribution < 1.29 is 28.6 Å². The minimum atomic E-state index is -0.503. The first kappa shape index (κ1) is 25.6. The van der Waals surface area contributed by atoms with E-state index in [9.17, 15) is 14.4 Å². The Morgan fingerprint density at radius 2 is 1.63 bits per heavy atom. The largest absolute Gasteiger partial charge is 0.493 e. The SMILES string of the molecule is COc1cc(C(=O)N2CCC3=NN(c4ccc(NC(=O)C5CCCC5)cc4)C(=O)C3C2)cc(OC)c1OC. The third-order valence-electron chi connectivity index (χ3n) is 7.48. The van der Waals surface area contributed by atoms with E-state index in [4.69, 9.17) is 14.2 Å². The van der Waals surface area contributed by atoms with Gasteiger partial charge in [0.25, 0.3) is 11.8 Å². The van der Waals surface area contributed by atoms with Gasteiger partial charge < -0.3 is 24.4 Å². The van der Waals surface area contributed by atoms with Crippen LogP contribution >= 0.6 is 0 Å². The third-order valence-corrected chi connectivity index (χ3v) is 7.48. The average molecular weight is 521 g/mol. The molecule has 3 amide bonds. The van der Waals surface area contributed by atoms with Gasteiger partial charge in [0.15, 0.2) is 11.5 Å². The smallest absolute Gasteiger partial charge is 0.258 e. The van der Waals surface area contributed by atoms with E-state index in [1.54, 1.807) is 41.3 Å². The average Bonchev–Trinajstić information content (AvgIpc) is 3.61. The molecular formula is C28H32N4O6. The van der Waals surface area contributed by atoms with Gasteiger partial charge in [-0.15, -0.1) is 0 Å². The molecule has 200 valence electrons.